The van der Waals surface area contributed by atoms with Gasteiger partial charge in [-0.2, -0.15) is 0 Å². The number of thioether (sulfide) groups is 1. The van der Waals surface area contributed by atoms with Gasteiger partial charge < -0.3 is 14.5 Å². The maximum absolute atomic E-state index is 13.6. The maximum Gasteiger partial charge on any atom is 0.412 e. The van der Waals surface area contributed by atoms with E-state index in [0.717, 1.165) is 18.7 Å². The van der Waals surface area contributed by atoms with Crippen LogP contribution in [0.5, 0.6) is 0 Å². The first kappa shape index (κ1) is 23.8. The summed E-state index contributed by atoms with van der Waals surface area (Å²) < 4.78 is 5.71. The van der Waals surface area contributed by atoms with E-state index >= 15 is 0 Å². The molecule has 2 aliphatic heterocycles. The van der Waals surface area contributed by atoms with Crippen molar-refractivity contribution >= 4 is 41.1 Å². The highest BCUT2D eigenvalue weighted by Crippen LogP contribution is 2.43. The third-order valence-corrected chi connectivity index (χ3v) is 7.33. The fraction of sp³-hybridized carbons (Fsp3) is 0.440. The van der Waals surface area contributed by atoms with Crippen molar-refractivity contribution in [1.82, 2.24) is 9.80 Å². The van der Waals surface area contributed by atoms with Gasteiger partial charge in [0, 0.05) is 42.6 Å². The first-order chi connectivity index (χ1) is 15.7. The molecule has 2 aliphatic rings. The van der Waals surface area contributed by atoms with Crippen molar-refractivity contribution in [2.75, 3.05) is 36.8 Å². The van der Waals surface area contributed by atoms with Gasteiger partial charge in [-0.25, -0.2) is 4.79 Å². The molecule has 0 unspecified atom stereocenters. The normalized spacial score (nSPS) is 21.3. The van der Waals surface area contributed by atoms with E-state index in [-0.39, 0.29) is 11.3 Å². The molecule has 2 aromatic rings. The number of para-hydroxylation sites is 1. The summed E-state index contributed by atoms with van der Waals surface area (Å²) in [7, 11) is 0. The Morgan fingerprint density at radius 2 is 1.61 bits per heavy atom. The van der Waals surface area contributed by atoms with Crippen molar-refractivity contribution in [3.63, 3.8) is 0 Å². The number of halogens is 1. The zero-order chi connectivity index (χ0) is 23.6. The van der Waals surface area contributed by atoms with E-state index in [1.807, 2.05) is 68.1 Å². The van der Waals surface area contributed by atoms with E-state index in [1.165, 1.54) is 5.69 Å². The zero-order valence-corrected chi connectivity index (χ0v) is 20.8. The lowest BCUT2D eigenvalue weighted by molar-refractivity contribution is -0.136. The summed E-state index contributed by atoms with van der Waals surface area (Å²) in [6.07, 6.45) is -0.464. The van der Waals surface area contributed by atoms with Gasteiger partial charge in [0.25, 0.3) is 0 Å². The minimum Gasteiger partial charge on any atom is -0.444 e. The molecule has 6 nitrogen and oxygen atoms in total. The lowest BCUT2D eigenvalue weighted by Crippen LogP contribution is -2.55. The zero-order valence-electron chi connectivity index (χ0n) is 19.2. The van der Waals surface area contributed by atoms with Gasteiger partial charge >= 0.3 is 6.09 Å². The number of carbonyl (C=O) groups excluding carboxylic acids is 2. The Morgan fingerprint density at radius 1 is 0.970 bits per heavy atom. The van der Waals surface area contributed by atoms with Gasteiger partial charge in [0.2, 0.25) is 5.91 Å². The monoisotopic (exact) mass is 487 g/mol. The lowest BCUT2D eigenvalue weighted by atomic mass is 10.1. The predicted molar refractivity (Wildman–Crippen MR) is 134 cm³/mol. The molecule has 2 amide bonds. The Kier molecular flexibility index (Phi) is 7.10. The van der Waals surface area contributed by atoms with Gasteiger partial charge in [-0.1, -0.05) is 41.9 Å². The molecule has 0 N–H and O–H groups in total. The third-order valence-electron chi connectivity index (χ3n) is 5.76. The van der Waals surface area contributed by atoms with Crippen LogP contribution in [0, 0.1) is 0 Å². The van der Waals surface area contributed by atoms with E-state index in [2.05, 4.69) is 17.0 Å². The van der Waals surface area contributed by atoms with Gasteiger partial charge in [-0.15, -0.1) is 11.8 Å². The molecule has 2 heterocycles. The number of nitrogens with zero attached hydrogens (tertiary/aromatic N) is 3. The van der Waals surface area contributed by atoms with Crippen LogP contribution in [-0.4, -0.2) is 65.4 Å². The van der Waals surface area contributed by atoms with Crippen molar-refractivity contribution in [3.8, 4) is 0 Å². The van der Waals surface area contributed by atoms with Crippen LogP contribution in [0.2, 0.25) is 5.02 Å². The summed E-state index contributed by atoms with van der Waals surface area (Å²) >= 11 is 7.65. The molecule has 8 heteroatoms. The molecule has 0 saturated carbocycles. The van der Waals surface area contributed by atoms with E-state index in [0.29, 0.717) is 23.9 Å². The maximum atomic E-state index is 13.6. The van der Waals surface area contributed by atoms with Crippen LogP contribution in [-0.2, 0) is 9.53 Å². The number of ether oxygens (including phenoxy) is 1. The molecule has 4 rings (SSSR count). The Bertz CT molecular complexity index is 973. The van der Waals surface area contributed by atoms with E-state index in [1.54, 1.807) is 16.7 Å². The lowest BCUT2D eigenvalue weighted by Gasteiger charge is -2.39. The SMILES string of the molecule is CC(C)(C)OC(=O)N1[C@H](C(=O)N2CCN(c3ccccc3)CC2)CS[C@H]1c1ccc(Cl)cc1. The van der Waals surface area contributed by atoms with E-state index in [4.69, 9.17) is 16.3 Å². The van der Waals surface area contributed by atoms with Crippen LogP contribution in [0.4, 0.5) is 10.5 Å². The Morgan fingerprint density at radius 3 is 2.21 bits per heavy atom. The van der Waals surface area contributed by atoms with Crippen molar-refractivity contribution < 1.29 is 14.3 Å². The highest BCUT2D eigenvalue weighted by molar-refractivity contribution is 7.99. The van der Waals surface area contributed by atoms with E-state index < -0.39 is 17.7 Å². The summed E-state index contributed by atoms with van der Waals surface area (Å²) in [6, 6.07) is 17.1. The average Bonchev–Trinajstić information content (AvgIpc) is 3.24. The highest BCUT2D eigenvalue weighted by Gasteiger charge is 2.45. The molecular weight excluding hydrogens is 458 g/mol. The number of amides is 2. The fourth-order valence-corrected chi connectivity index (χ4v) is 5.69. The number of benzene rings is 2. The Balaban J connectivity index is 1.50. The van der Waals surface area contributed by atoms with Gasteiger partial charge in [-0.3, -0.25) is 9.69 Å². The minimum atomic E-state index is -0.649. The number of hydrogen-bond acceptors (Lipinski definition) is 5. The first-order valence-electron chi connectivity index (χ1n) is 11.2. The topological polar surface area (TPSA) is 53.1 Å². The third kappa shape index (κ3) is 5.58. The van der Waals surface area contributed by atoms with Gasteiger partial charge in [0.1, 0.15) is 17.0 Å². The molecule has 2 atom stereocenters. The molecule has 0 aromatic heterocycles. The van der Waals surface area contributed by atoms with Crippen LogP contribution in [0.25, 0.3) is 0 Å². The molecule has 0 spiro atoms. The van der Waals surface area contributed by atoms with E-state index in [9.17, 15) is 9.59 Å². The Labute approximate surface area is 204 Å². The summed E-state index contributed by atoms with van der Waals surface area (Å²) in [4.78, 5) is 32.6. The molecule has 0 bridgehead atoms. The molecule has 33 heavy (non-hydrogen) atoms. The fourth-order valence-electron chi connectivity index (χ4n) is 4.15. The smallest absolute Gasteiger partial charge is 0.412 e. The standard InChI is InChI=1S/C25H30ClN3O3S/c1-25(2,3)32-24(31)29-21(17-33-23(29)18-9-11-19(26)12-10-18)22(30)28-15-13-27(14-16-28)20-7-5-4-6-8-20/h4-12,21,23H,13-17H2,1-3H3/t21-,23-/m0/s1. The van der Waals surface area contributed by atoms with Crippen LogP contribution in [0.1, 0.15) is 31.7 Å². The second-order valence-electron chi connectivity index (χ2n) is 9.29. The second-order valence-corrected chi connectivity index (χ2v) is 10.8. The van der Waals surface area contributed by atoms with Crippen LogP contribution < -0.4 is 4.90 Å². The molecule has 2 aromatic carbocycles. The number of hydrogen-bond donors (Lipinski definition) is 0. The quantitative estimate of drug-likeness (QED) is 0.607. The molecule has 2 fully saturated rings. The van der Waals surface area contributed by atoms with Crippen LogP contribution >= 0.6 is 23.4 Å². The number of piperazine rings is 1. The Hall–Kier alpha value is -2.38. The average molecular weight is 488 g/mol. The van der Waals surface area contributed by atoms with Crippen LogP contribution in [0.15, 0.2) is 54.6 Å². The van der Waals surface area contributed by atoms with Crippen molar-refractivity contribution in [1.29, 1.82) is 0 Å². The van der Waals surface area contributed by atoms with Gasteiger partial charge in [0.15, 0.2) is 0 Å². The summed E-state index contributed by atoms with van der Waals surface area (Å²) in [5, 5.41) is 0.339. The minimum absolute atomic E-state index is 0.0162. The molecule has 176 valence electrons. The largest absolute Gasteiger partial charge is 0.444 e. The highest BCUT2D eigenvalue weighted by atomic mass is 35.5. The summed E-state index contributed by atoms with van der Waals surface area (Å²) in [5.74, 6) is 0.516. The van der Waals surface area contributed by atoms with Crippen molar-refractivity contribution in [2.24, 2.45) is 0 Å². The predicted octanol–water partition coefficient (Wildman–Crippen LogP) is 5.04. The van der Waals surface area contributed by atoms with Crippen molar-refractivity contribution in [2.45, 2.75) is 37.8 Å². The second kappa shape index (κ2) is 9.85. The van der Waals surface area contributed by atoms with Gasteiger partial charge in [0.05, 0.1) is 0 Å². The first-order valence-corrected chi connectivity index (χ1v) is 12.6. The van der Waals surface area contributed by atoms with Crippen molar-refractivity contribution in [3.05, 3.63) is 65.2 Å². The number of rotatable bonds is 3. The van der Waals surface area contributed by atoms with Crippen LogP contribution in [0.3, 0.4) is 0 Å². The summed E-state index contributed by atoms with van der Waals surface area (Å²) in [5.41, 5.74) is 1.45. The summed E-state index contributed by atoms with van der Waals surface area (Å²) in [6.45, 7) is 8.30. The molecule has 2 saturated heterocycles. The molecular formula is C25H30ClN3O3S. The number of anilines is 1. The molecule has 0 aliphatic carbocycles. The van der Waals surface area contributed by atoms with Gasteiger partial charge in [-0.05, 0) is 50.6 Å². The number of carbonyl (C=O) groups is 2. The molecule has 0 radical (unpaired) electrons.